The van der Waals surface area contributed by atoms with Crippen molar-refractivity contribution in [1.29, 1.82) is 0 Å². The topological polar surface area (TPSA) is 37.8 Å². The van der Waals surface area contributed by atoms with Crippen LogP contribution < -0.4 is 5.32 Å². The van der Waals surface area contributed by atoms with Gasteiger partial charge in [0.25, 0.3) is 0 Å². The van der Waals surface area contributed by atoms with E-state index in [4.69, 9.17) is 0 Å². The van der Waals surface area contributed by atoms with E-state index >= 15 is 0 Å². The first-order chi connectivity index (χ1) is 7.93. The normalized spacial score (nSPS) is 13.7. The highest BCUT2D eigenvalue weighted by Crippen LogP contribution is 2.21. The molecule has 96 valence electrons. The summed E-state index contributed by atoms with van der Waals surface area (Å²) in [4.78, 5) is 8.78. The van der Waals surface area contributed by atoms with Gasteiger partial charge in [-0.25, -0.2) is 9.97 Å². The number of nitrogens with zero attached hydrogens (tertiary/aromatic N) is 2. The van der Waals surface area contributed by atoms with E-state index in [9.17, 15) is 0 Å². The zero-order chi connectivity index (χ0) is 12.9. The maximum absolute atomic E-state index is 4.39. The summed E-state index contributed by atoms with van der Waals surface area (Å²) >= 11 is 0. The molecule has 3 nitrogen and oxygen atoms in total. The SMILES string of the molecule is CCCNC(Cc1ncc(C)cn1)C(C)(C)C. The minimum absolute atomic E-state index is 0.226. The quantitative estimate of drug-likeness (QED) is 0.852. The molecule has 1 aromatic rings. The molecule has 0 aliphatic rings. The summed E-state index contributed by atoms with van der Waals surface area (Å²) in [6.45, 7) is 12.0. The number of hydrogen-bond acceptors (Lipinski definition) is 3. The number of aromatic nitrogens is 2. The van der Waals surface area contributed by atoms with Gasteiger partial charge in [-0.2, -0.15) is 0 Å². The lowest BCUT2D eigenvalue weighted by atomic mass is 9.84. The molecule has 0 radical (unpaired) electrons. The van der Waals surface area contributed by atoms with Gasteiger partial charge in [0.1, 0.15) is 5.82 Å². The van der Waals surface area contributed by atoms with Crippen LogP contribution in [0.2, 0.25) is 0 Å². The molecule has 0 aromatic carbocycles. The Morgan fingerprint density at radius 1 is 1.24 bits per heavy atom. The highest BCUT2D eigenvalue weighted by Gasteiger charge is 2.24. The molecular weight excluding hydrogens is 210 g/mol. The molecule has 0 aliphatic carbocycles. The number of aryl methyl sites for hydroxylation is 1. The third kappa shape index (κ3) is 4.82. The highest BCUT2D eigenvalue weighted by atomic mass is 14.9. The van der Waals surface area contributed by atoms with Gasteiger partial charge in [0.15, 0.2) is 0 Å². The Morgan fingerprint density at radius 3 is 2.29 bits per heavy atom. The summed E-state index contributed by atoms with van der Waals surface area (Å²) in [6, 6.07) is 0.421. The summed E-state index contributed by atoms with van der Waals surface area (Å²) in [5.41, 5.74) is 1.34. The van der Waals surface area contributed by atoms with Crippen molar-refractivity contribution < 1.29 is 0 Å². The summed E-state index contributed by atoms with van der Waals surface area (Å²) in [5.74, 6) is 0.930. The second-order valence-electron chi connectivity index (χ2n) is 5.75. The van der Waals surface area contributed by atoms with Gasteiger partial charge in [0.05, 0.1) is 0 Å². The highest BCUT2D eigenvalue weighted by molar-refractivity contribution is 5.03. The second-order valence-corrected chi connectivity index (χ2v) is 5.75. The van der Waals surface area contributed by atoms with Gasteiger partial charge in [-0.15, -0.1) is 0 Å². The van der Waals surface area contributed by atoms with Crippen molar-refractivity contribution in [3.05, 3.63) is 23.8 Å². The fourth-order valence-corrected chi connectivity index (χ4v) is 1.71. The van der Waals surface area contributed by atoms with Gasteiger partial charge in [-0.1, -0.05) is 27.7 Å². The maximum Gasteiger partial charge on any atom is 0.129 e. The third-order valence-electron chi connectivity index (χ3n) is 2.91. The van der Waals surface area contributed by atoms with Crippen LogP contribution in [0, 0.1) is 12.3 Å². The molecule has 0 saturated heterocycles. The van der Waals surface area contributed by atoms with E-state index in [0.29, 0.717) is 6.04 Å². The van der Waals surface area contributed by atoms with Crippen LogP contribution in [0.15, 0.2) is 12.4 Å². The van der Waals surface area contributed by atoms with Gasteiger partial charge in [-0.3, -0.25) is 0 Å². The minimum atomic E-state index is 0.226. The summed E-state index contributed by atoms with van der Waals surface area (Å²) < 4.78 is 0. The Balaban J connectivity index is 2.68. The molecule has 1 heterocycles. The van der Waals surface area contributed by atoms with E-state index < -0.39 is 0 Å². The molecule has 1 unspecified atom stereocenters. The van der Waals surface area contributed by atoms with Crippen LogP contribution in [0.5, 0.6) is 0 Å². The Hall–Kier alpha value is -0.960. The average molecular weight is 235 g/mol. The van der Waals surface area contributed by atoms with E-state index in [0.717, 1.165) is 30.8 Å². The van der Waals surface area contributed by atoms with E-state index in [1.54, 1.807) is 0 Å². The van der Waals surface area contributed by atoms with E-state index in [1.165, 1.54) is 0 Å². The molecular formula is C14H25N3. The molecule has 0 bridgehead atoms. The second kappa shape index (κ2) is 6.10. The van der Waals surface area contributed by atoms with Crippen LogP contribution in [0.1, 0.15) is 45.5 Å². The summed E-state index contributed by atoms with van der Waals surface area (Å²) in [5, 5.41) is 3.59. The summed E-state index contributed by atoms with van der Waals surface area (Å²) in [6.07, 6.45) is 5.83. The zero-order valence-electron chi connectivity index (χ0n) is 11.7. The first-order valence-corrected chi connectivity index (χ1v) is 6.44. The van der Waals surface area contributed by atoms with Crippen LogP contribution in [0.25, 0.3) is 0 Å². The fraction of sp³-hybridized carbons (Fsp3) is 0.714. The van der Waals surface area contributed by atoms with Crippen molar-refractivity contribution in [1.82, 2.24) is 15.3 Å². The largest absolute Gasteiger partial charge is 0.313 e. The van der Waals surface area contributed by atoms with Gasteiger partial charge < -0.3 is 5.32 Å². The molecule has 0 aliphatic heterocycles. The monoisotopic (exact) mass is 235 g/mol. The molecule has 0 fully saturated rings. The lowest BCUT2D eigenvalue weighted by molar-refractivity contribution is 0.263. The first kappa shape index (κ1) is 14.1. The molecule has 1 rings (SSSR count). The van der Waals surface area contributed by atoms with Crippen molar-refractivity contribution in [2.75, 3.05) is 6.54 Å². The van der Waals surface area contributed by atoms with Gasteiger partial charge in [-0.05, 0) is 30.9 Å². The Morgan fingerprint density at radius 2 is 1.82 bits per heavy atom. The minimum Gasteiger partial charge on any atom is -0.313 e. The van der Waals surface area contributed by atoms with Gasteiger partial charge >= 0.3 is 0 Å². The smallest absolute Gasteiger partial charge is 0.129 e. The lowest BCUT2D eigenvalue weighted by Gasteiger charge is -2.31. The van der Waals surface area contributed by atoms with Crippen LogP contribution in [0.3, 0.4) is 0 Å². The van der Waals surface area contributed by atoms with Crippen molar-refractivity contribution >= 4 is 0 Å². The first-order valence-electron chi connectivity index (χ1n) is 6.44. The van der Waals surface area contributed by atoms with Gasteiger partial charge in [0.2, 0.25) is 0 Å². The molecule has 0 amide bonds. The molecule has 17 heavy (non-hydrogen) atoms. The lowest BCUT2D eigenvalue weighted by Crippen LogP contribution is -2.42. The van der Waals surface area contributed by atoms with Crippen molar-refractivity contribution in [2.45, 2.75) is 53.5 Å². The van der Waals surface area contributed by atoms with Crippen LogP contribution in [0.4, 0.5) is 0 Å². The maximum atomic E-state index is 4.39. The third-order valence-corrected chi connectivity index (χ3v) is 2.91. The van der Waals surface area contributed by atoms with Crippen molar-refractivity contribution in [3.8, 4) is 0 Å². The van der Waals surface area contributed by atoms with Crippen LogP contribution in [-0.2, 0) is 6.42 Å². The Labute approximate surface area is 105 Å². The Bertz CT molecular complexity index is 324. The standard InChI is InChI=1S/C14H25N3/c1-6-7-15-12(14(3,4)5)8-13-16-9-11(2)10-17-13/h9-10,12,15H,6-8H2,1-5H3. The number of hydrogen-bond donors (Lipinski definition) is 1. The number of nitrogens with one attached hydrogen (secondary N) is 1. The van der Waals surface area contributed by atoms with Crippen molar-refractivity contribution in [3.63, 3.8) is 0 Å². The zero-order valence-corrected chi connectivity index (χ0v) is 11.7. The van der Waals surface area contributed by atoms with Crippen LogP contribution >= 0.6 is 0 Å². The average Bonchev–Trinajstić information content (AvgIpc) is 2.25. The molecule has 0 saturated carbocycles. The predicted octanol–water partition coefficient (Wildman–Crippen LogP) is 2.74. The summed E-state index contributed by atoms with van der Waals surface area (Å²) in [7, 11) is 0. The molecule has 3 heteroatoms. The number of rotatable bonds is 5. The van der Waals surface area contributed by atoms with E-state index in [2.05, 4.69) is 43.0 Å². The molecule has 1 N–H and O–H groups in total. The molecule has 1 atom stereocenters. The van der Waals surface area contributed by atoms with Gasteiger partial charge in [0, 0.05) is 24.9 Å². The van der Waals surface area contributed by atoms with E-state index in [1.807, 2.05) is 19.3 Å². The fourth-order valence-electron chi connectivity index (χ4n) is 1.71. The van der Waals surface area contributed by atoms with E-state index in [-0.39, 0.29) is 5.41 Å². The molecule has 1 aromatic heterocycles. The Kier molecular flexibility index (Phi) is 5.06. The predicted molar refractivity (Wildman–Crippen MR) is 72.0 cm³/mol. The molecule has 0 spiro atoms. The van der Waals surface area contributed by atoms with Crippen LogP contribution in [-0.4, -0.2) is 22.6 Å². The van der Waals surface area contributed by atoms with Crippen molar-refractivity contribution in [2.24, 2.45) is 5.41 Å².